The molecular formula is C13H15N. The number of nitrogens with one attached hydrogen (secondary N) is 1. The van der Waals surface area contributed by atoms with Crippen LogP contribution in [0.3, 0.4) is 0 Å². The molecule has 14 heavy (non-hydrogen) atoms. The molecule has 1 aromatic carbocycles. The molecule has 0 radical (unpaired) electrons. The lowest BCUT2D eigenvalue weighted by Gasteiger charge is -2.29. The molecule has 0 bridgehead atoms. The molecule has 1 heteroatoms. The van der Waals surface area contributed by atoms with Gasteiger partial charge in [-0.3, -0.25) is 0 Å². The average molecular weight is 185 g/mol. The zero-order chi connectivity index (χ0) is 9.97. The van der Waals surface area contributed by atoms with Crippen LogP contribution in [0.25, 0.3) is 0 Å². The van der Waals surface area contributed by atoms with Gasteiger partial charge in [0.2, 0.25) is 0 Å². The molecule has 1 N–H and O–H groups in total. The highest BCUT2D eigenvalue weighted by Crippen LogP contribution is 2.36. The topological polar surface area (TPSA) is 12.0 Å². The van der Waals surface area contributed by atoms with E-state index in [2.05, 4.69) is 42.6 Å². The molecule has 1 nitrogen and oxygen atoms in total. The molecule has 0 aliphatic heterocycles. The molecular weight excluding hydrogens is 170 g/mol. The third-order valence-electron chi connectivity index (χ3n) is 3.05. The van der Waals surface area contributed by atoms with E-state index in [1.54, 1.807) is 0 Å². The Hall–Kier alpha value is -1.42. The molecule has 0 spiro atoms. The first-order chi connectivity index (χ1) is 6.83. The van der Waals surface area contributed by atoms with Crippen LogP contribution in [0.2, 0.25) is 0 Å². The third kappa shape index (κ3) is 1.48. The summed E-state index contributed by atoms with van der Waals surface area (Å²) in [5, 5.41) is 3.09. The molecule has 0 saturated heterocycles. The van der Waals surface area contributed by atoms with Gasteiger partial charge >= 0.3 is 0 Å². The molecule has 0 heterocycles. The molecule has 1 aliphatic carbocycles. The van der Waals surface area contributed by atoms with Crippen molar-refractivity contribution in [3.63, 3.8) is 0 Å². The number of terminal acetylenes is 1. The van der Waals surface area contributed by atoms with Crippen molar-refractivity contribution in [2.75, 3.05) is 0 Å². The normalized spacial score (nSPS) is 24.9. The van der Waals surface area contributed by atoms with Crippen LogP contribution >= 0.6 is 0 Å². The Balaban J connectivity index is 2.37. The zero-order valence-electron chi connectivity index (χ0n) is 8.46. The van der Waals surface area contributed by atoms with Crippen LogP contribution in [0.1, 0.15) is 42.9 Å². The molecule has 72 valence electrons. The van der Waals surface area contributed by atoms with Crippen LogP contribution < -0.4 is 5.32 Å². The van der Waals surface area contributed by atoms with Crippen molar-refractivity contribution in [3.05, 3.63) is 35.4 Å². The molecule has 2 atom stereocenters. The summed E-state index contributed by atoms with van der Waals surface area (Å²) in [5.74, 6) is 0.669. The molecule has 0 aromatic heterocycles. The van der Waals surface area contributed by atoms with E-state index in [-0.39, 0.29) is 0 Å². The van der Waals surface area contributed by atoms with E-state index in [4.69, 9.17) is 6.42 Å². The van der Waals surface area contributed by atoms with Gasteiger partial charge in [-0.05, 0) is 29.9 Å². The summed E-state index contributed by atoms with van der Waals surface area (Å²) in [6, 6.07) is 11.5. The van der Waals surface area contributed by atoms with Gasteiger partial charge < -0.3 is 5.32 Å². The van der Waals surface area contributed by atoms with Crippen molar-refractivity contribution >= 4 is 0 Å². The Morgan fingerprint density at radius 3 is 2.71 bits per heavy atom. The number of benzene rings is 1. The minimum absolute atomic E-state index is 0.354. The van der Waals surface area contributed by atoms with Crippen LogP contribution in [-0.4, -0.2) is 0 Å². The van der Waals surface area contributed by atoms with Crippen LogP contribution in [0.4, 0.5) is 0 Å². The average Bonchev–Trinajstić information content (AvgIpc) is 2.23. The highest BCUT2D eigenvalue weighted by atomic mass is 14.9. The predicted molar refractivity (Wildman–Crippen MR) is 58.8 cm³/mol. The summed E-state index contributed by atoms with van der Waals surface area (Å²) in [6.45, 7) is 2.28. The van der Waals surface area contributed by atoms with Gasteiger partial charge in [0.25, 0.3) is 0 Å². The van der Waals surface area contributed by atoms with Crippen molar-refractivity contribution < 1.29 is 0 Å². The maximum Gasteiger partial charge on any atom is 0.0592 e. The second-order valence-electron chi connectivity index (χ2n) is 3.95. The van der Waals surface area contributed by atoms with Crippen molar-refractivity contribution in [1.29, 1.82) is 0 Å². The largest absolute Gasteiger partial charge is 0.339 e. The van der Waals surface area contributed by atoms with Gasteiger partial charge in [0.1, 0.15) is 0 Å². The van der Waals surface area contributed by atoms with Crippen molar-refractivity contribution in [1.82, 2.24) is 5.32 Å². The van der Waals surface area contributed by atoms with E-state index in [1.807, 2.05) is 0 Å². The lowest BCUT2D eigenvalue weighted by Crippen LogP contribution is -2.22. The predicted octanol–water partition coefficient (Wildman–Crippen LogP) is 2.81. The van der Waals surface area contributed by atoms with E-state index in [9.17, 15) is 0 Å². The molecule has 2 rings (SSSR count). The van der Waals surface area contributed by atoms with Gasteiger partial charge in [0.15, 0.2) is 0 Å². The van der Waals surface area contributed by atoms with E-state index >= 15 is 0 Å². The Kier molecular flexibility index (Phi) is 2.45. The Morgan fingerprint density at radius 1 is 1.29 bits per heavy atom. The number of hydrogen-bond acceptors (Lipinski definition) is 1. The van der Waals surface area contributed by atoms with Gasteiger partial charge in [-0.2, -0.15) is 0 Å². The monoisotopic (exact) mass is 185 g/mol. The van der Waals surface area contributed by atoms with E-state index in [0.717, 1.165) is 6.42 Å². The highest BCUT2D eigenvalue weighted by molar-refractivity contribution is 5.35. The first-order valence-corrected chi connectivity index (χ1v) is 5.13. The van der Waals surface area contributed by atoms with Crippen LogP contribution in [0.15, 0.2) is 24.3 Å². The first-order valence-electron chi connectivity index (χ1n) is 5.13. The molecule has 0 fully saturated rings. The number of rotatable bonds is 1. The summed E-state index contributed by atoms with van der Waals surface area (Å²) in [7, 11) is 0. The Morgan fingerprint density at radius 2 is 2.00 bits per heavy atom. The highest BCUT2D eigenvalue weighted by Gasteiger charge is 2.23. The Bertz CT molecular complexity index is 362. The summed E-state index contributed by atoms with van der Waals surface area (Å²) < 4.78 is 0. The SMILES string of the molecule is C#CNC1CCC(C)c2ccccc21. The third-order valence-corrected chi connectivity index (χ3v) is 3.05. The Labute approximate surface area is 85.5 Å². The zero-order valence-corrected chi connectivity index (χ0v) is 8.46. The van der Waals surface area contributed by atoms with Gasteiger partial charge in [-0.25, -0.2) is 0 Å². The quantitative estimate of drug-likeness (QED) is 0.524. The maximum atomic E-state index is 5.29. The van der Waals surface area contributed by atoms with Gasteiger partial charge in [-0.15, -0.1) is 0 Å². The van der Waals surface area contributed by atoms with E-state index in [0.29, 0.717) is 12.0 Å². The fourth-order valence-corrected chi connectivity index (χ4v) is 2.26. The molecule has 1 aromatic rings. The van der Waals surface area contributed by atoms with Gasteiger partial charge in [0, 0.05) is 6.04 Å². The van der Waals surface area contributed by atoms with E-state index < -0.39 is 0 Å². The minimum Gasteiger partial charge on any atom is -0.339 e. The lowest BCUT2D eigenvalue weighted by molar-refractivity contribution is 0.478. The second-order valence-corrected chi connectivity index (χ2v) is 3.95. The first kappa shape index (κ1) is 9.15. The number of hydrogen-bond donors (Lipinski definition) is 1. The minimum atomic E-state index is 0.354. The standard InChI is InChI=1S/C13H15N/c1-3-14-13-9-8-10(2)11-6-4-5-7-12(11)13/h1,4-7,10,13-14H,8-9H2,2H3. The van der Waals surface area contributed by atoms with Gasteiger partial charge in [0.05, 0.1) is 6.04 Å². The van der Waals surface area contributed by atoms with Crippen LogP contribution in [0, 0.1) is 12.5 Å². The number of fused-ring (bicyclic) bond motifs is 1. The van der Waals surface area contributed by atoms with Crippen molar-refractivity contribution in [3.8, 4) is 12.5 Å². The fourth-order valence-electron chi connectivity index (χ4n) is 2.26. The molecule has 0 saturated carbocycles. The van der Waals surface area contributed by atoms with Crippen LogP contribution in [0.5, 0.6) is 0 Å². The molecule has 1 aliphatic rings. The van der Waals surface area contributed by atoms with Crippen molar-refractivity contribution in [2.24, 2.45) is 0 Å². The van der Waals surface area contributed by atoms with Gasteiger partial charge in [-0.1, -0.05) is 37.6 Å². The van der Waals surface area contributed by atoms with Crippen molar-refractivity contribution in [2.45, 2.75) is 31.7 Å². The summed E-state index contributed by atoms with van der Waals surface area (Å²) in [4.78, 5) is 0. The van der Waals surface area contributed by atoms with Crippen LogP contribution in [-0.2, 0) is 0 Å². The lowest BCUT2D eigenvalue weighted by atomic mass is 9.81. The summed E-state index contributed by atoms with van der Waals surface area (Å²) in [5.41, 5.74) is 2.83. The fraction of sp³-hybridized carbons (Fsp3) is 0.385. The summed E-state index contributed by atoms with van der Waals surface area (Å²) in [6.07, 6.45) is 7.65. The van der Waals surface area contributed by atoms with E-state index in [1.165, 1.54) is 17.5 Å². The maximum absolute atomic E-state index is 5.29. The molecule has 0 amide bonds. The summed E-state index contributed by atoms with van der Waals surface area (Å²) >= 11 is 0. The smallest absolute Gasteiger partial charge is 0.0592 e. The second kappa shape index (κ2) is 3.75. The molecule has 2 unspecified atom stereocenters.